The molecule has 0 heterocycles. The van der Waals surface area contributed by atoms with Gasteiger partial charge in [0.05, 0.1) is 0 Å². The van der Waals surface area contributed by atoms with Crippen LogP contribution in [-0.2, 0) is 20.6 Å². The molecule has 30 heavy (non-hydrogen) atoms. The van der Waals surface area contributed by atoms with Gasteiger partial charge in [-0.3, -0.25) is 0 Å². The molecule has 0 aromatic heterocycles. The van der Waals surface area contributed by atoms with Crippen LogP contribution in [0, 0.1) is 0 Å². The van der Waals surface area contributed by atoms with Gasteiger partial charge in [0.1, 0.15) is 0 Å². The summed E-state index contributed by atoms with van der Waals surface area (Å²) in [4.78, 5) is 0. The maximum absolute atomic E-state index is 2.49. The van der Waals surface area contributed by atoms with Crippen LogP contribution in [0.25, 0.3) is 0 Å². The third-order valence-electron chi connectivity index (χ3n) is 6.52. The number of rotatable bonds is 5. The van der Waals surface area contributed by atoms with Crippen LogP contribution in [0.2, 0.25) is 0 Å². The van der Waals surface area contributed by atoms with E-state index in [4.69, 9.17) is 0 Å². The molecule has 0 bridgehead atoms. The Labute approximate surface area is 202 Å². The van der Waals surface area contributed by atoms with Crippen LogP contribution in [-0.4, -0.2) is 5.98 Å². The number of benzene rings is 2. The zero-order valence-corrected chi connectivity index (χ0v) is 24.4. The van der Waals surface area contributed by atoms with E-state index in [0.29, 0.717) is 0 Å². The van der Waals surface area contributed by atoms with Gasteiger partial charge in [-0.25, -0.2) is 0 Å². The first kappa shape index (κ1) is 25.3. The van der Waals surface area contributed by atoms with E-state index in [-0.39, 0.29) is 24.8 Å². The maximum Gasteiger partial charge on any atom is -1.00 e. The summed E-state index contributed by atoms with van der Waals surface area (Å²) in [7, 11) is 0. The monoisotopic (exact) mass is 619 g/mol. The van der Waals surface area contributed by atoms with Crippen molar-refractivity contribution < 1.29 is 45.4 Å². The topological polar surface area (TPSA) is 0 Å². The number of halogens is 2. The van der Waals surface area contributed by atoms with Crippen LogP contribution in [0.1, 0.15) is 40.5 Å². The molecule has 2 aromatic carbocycles. The molecule has 0 atom stereocenters. The molecule has 0 N–H and O–H groups in total. The predicted molar refractivity (Wildman–Crippen MR) is 121 cm³/mol. The Morgan fingerprint density at radius 3 is 1.27 bits per heavy atom. The zero-order valence-electron chi connectivity index (χ0n) is 18.2. The van der Waals surface area contributed by atoms with Crippen LogP contribution < -0.4 is 35.2 Å². The van der Waals surface area contributed by atoms with Gasteiger partial charge in [-0.2, -0.15) is 0 Å². The normalized spacial score (nSPS) is 15.6. The van der Waals surface area contributed by atoms with Gasteiger partial charge in [-0.1, -0.05) is 0 Å². The second-order valence-corrected chi connectivity index (χ2v) is 28.5. The van der Waals surface area contributed by atoms with Crippen molar-refractivity contribution in [3.63, 3.8) is 0 Å². The molecule has 0 saturated heterocycles. The Kier molecular flexibility index (Phi) is 9.36. The average molecular weight is 619 g/mol. The SMILES string of the molecule is CC1=CC[C]([Hf+2]([C]2=C(C)C(C)=CC2)[SiH](c2ccccc2)c2ccccc2)=C1C.[Cl-].[Cl-]. The average Bonchev–Trinajstić information content (AvgIpc) is 3.23. The second kappa shape index (κ2) is 11.1. The summed E-state index contributed by atoms with van der Waals surface area (Å²) in [6.07, 6.45) is 7.39. The van der Waals surface area contributed by atoms with E-state index in [1.54, 1.807) is 21.5 Å². The van der Waals surface area contributed by atoms with E-state index < -0.39 is 26.6 Å². The molecule has 2 aliphatic rings. The molecule has 4 rings (SSSR count). The van der Waals surface area contributed by atoms with E-state index in [2.05, 4.69) is 101 Å². The van der Waals surface area contributed by atoms with Gasteiger partial charge in [-0.05, 0) is 0 Å². The zero-order chi connectivity index (χ0) is 19.7. The summed E-state index contributed by atoms with van der Waals surface area (Å²) in [5.74, 6) is -1.27. The minimum Gasteiger partial charge on any atom is -1.00 e. The third-order valence-corrected chi connectivity index (χ3v) is 37.1. The van der Waals surface area contributed by atoms with Crippen molar-refractivity contribution in [2.45, 2.75) is 40.5 Å². The van der Waals surface area contributed by atoms with Crippen LogP contribution in [0.15, 0.2) is 102 Å². The minimum atomic E-state index is -2.29. The first-order valence-corrected chi connectivity index (χ1v) is 21.8. The summed E-state index contributed by atoms with van der Waals surface area (Å²) in [5, 5.41) is 3.29. The van der Waals surface area contributed by atoms with Gasteiger partial charge in [0, 0.05) is 0 Å². The number of allylic oxidation sites excluding steroid dienone is 8. The Hall–Kier alpha value is -0.933. The third kappa shape index (κ3) is 4.93. The van der Waals surface area contributed by atoms with Gasteiger partial charge in [0.2, 0.25) is 0 Å². The Balaban J connectivity index is 0.00000160. The molecule has 0 nitrogen and oxygen atoms in total. The summed E-state index contributed by atoms with van der Waals surface area (Å²) >= 11 is -2.29. The van der Waals surface area contributed by atoms with Crippen molar-refractivity contribution in [2.75, 3.05) is 0 Å². The van der Waals surface area contributed by atoms with E-state index in [9.17, 15) is 0 Å². The van der Waals surface area contributed by atoms with Gasteiger partial charge < -0.3 is 24.8 Å². The molecular weight excluding hydrogens is 590 g/mol. The van der Waals surface area contributed by atoms with E-state index >= 15 is 0 Å². The first-order valence-electron chi connectivity index (χ1n) is 10.3. The molecule has 2 aliphatic carbocycles. The fraction of sp³-hybridized carbons (Fsp3) is 0.231. The summed E-state index contributed by atoms with van der Waals surface area (Å²) in [6, 6.07) is 23.0. The molecule has 4 heteroatoms. The van der Waals surface area contributed by atoms with Crippen molar-refractivity contribution in [3.05, 3.63) is 102 Å². The van der Waals surface area contributed by atoms with Crippen LogP contribution in [0.5, 0.6) is 0 Å². The molecule has 0 radical (unpaired) electrons. The van der Waals surface area contributed by atoms with Gasteiger partial charge >= 0.3 is 179 Å². The van der Waals surface area contributed by atoms with E-state index in [1.165, 1.54) is 24.0 Å². The summed E-state index contributed by atoms with van der Waals surface area (Å²) in [5.41, 5.74) is 6.28. The first-order chi connectivity index (χ1) is 13.6. The quantitative estimate of drug-likeness (QED) is 0.393. The molecule has 0 aliphatic heterocycles. The molecule has 0 unspecified atom stereocenters. The van der Waals surface area contributed by atoms with E-state index in [0.717, 1.165) is 0 Å². The fourth-order valence-electron chi connectivity index (χ4n) is 4.57. The Morgan fingerprint density at radius 2 is 0.967 bits per heavy atom. The second-order valence-electron chi connectivity index (χ2n) is 8.06. The summed E-state index contributed by atoms with van der Waals surface area (Å²) < 4.78 is 3.76. The van der Waals surface area contributed by atoms with Gasteiger partial charge in [-0.15, -0.1) is 0 Å². The van der Waals surface area contributed by atoms with E-state index in [1.807, 2.05) is 6.66 Å². The largest absolute Gasteiger partial charge is 1.00 e. The van der Waals surface area contributed by atoms with Crippen molar-refractivity contribution in [1.29, 1.82) is 0 Å². The van der Waals surface area contributed by atoms with Crippen LogP contribution >= 0.6 is 0 Å². The molecule has 0 fully saturated rings. The predicted octanol–water partition coefficient (Wildman–Crippen LogP) is -0.601. The maximum atomic E-state index is 2.49. The molecule has 2 aromatic rings. The number of hydrogen-bond acceptors (Lipinski definition) is 0. The Bertz CT molecular complexity index is 922. The molecule has 0 spiro atoms. The van der Waals surface area contributed by atoms with Gasteiger partial charge in [0.25, 0.3) is 0 Å². The smallest absolute Gasteiger partial charge is 1.00 e. The molecule has 0 amide bonds. The van der Waals surface area contributed by atoms with Crippen molar-refractivity contribution in [2.24, 2.45) is 0 Å². The van der Waals surface area contributed by atoms with Crippen molar-refractivity contribution in [3.8, 4) is 0 Å². The van der Waals surface area contributed by atoms with Gasteiger partial charge in [0.15, 0.2) is 0 Å². The molecule has 155 valence electrons. The fourth-order valence-corrected chi connectivity index (χ4v) is 39.8. The number of hydrogen-bond donors (Lipinski definition) is 0. The molecule has 0 saturated carbocycles. The van der Waals surface area contributed by atoms with Crippen LogP contribution in [0.3, 0.4) is 0 Å². The molecular formula is C26H29Cl2HfSi. The Morgan fingerprint density at radius 1 is 0.600 bits per heavy atom. The van der Waals surface area contributed by atoms with Crippen LogP contribution in [0.4, 0.5) is 0 Å². The summed E-state index contributed by atoms with van der Waals surface area (Å²) in [6.45, 7) is 9.41. The van der Waals surface area contributed by atoms with Crippen molar-refractivity contribution >= 4 is 16.4 Å². The standard InChI is InChI=1S/C12H11Si.2C7H9.2ClH.Hf/c1-3-7-11(8-4-1)13-12-9-5-2-6-10-12;2*1-6-4-3-5-7(6)2;;;/h1-10,13H;2*4H,3H2,1-2H3;2*1H;/q;;;;;+2/p-2. The van der Waals surface area contributed by atoms with Crippen molar-refractivity contribution in [1.82, 2.24) is 0 Å². The minimum absolute atomic E-state index is 0.